The lowest BCUT2D eigenvalue weighted by Crippen LogP contribution is -2.22. The highest BCUT2D eigenvalue weighted by atomic mass is 16.3. The molecule has 2 atom stereocenters. The van der Waals surface area contributed by atoms with Crippen LogP contribution in [0.1, 0.15) is 108 Å². The van der Waals surface area contributed by atoms with E-state index < -0.39 is 0 Å². The van der Waals surface area contributed by atoms with Gasteiger partial charge in [0.25, 0.3) is 0 Å². The molecule has 1 aliphatic rings. The van der Waals surface area contributed by atoms with Crippen LogP contribution in [0.4, 0.5) is 0 Å². The summed E-state index contributed by atoms with van der Waals surface area (Å²) in [6, 6.07) is 16.0. The van der Waals surface area contributed by atoms with E-state index in [9.17, 15) is 4.79 Å². The number of hydrogen-bond acceptors (Lipinski definition) is 6. The average molecular weight is 690 g/mol. The predicted octanol–water partition coefficient (Wildman–Crippen LogP) is 10.4. The number of amidine groups is 1. The van der Waals surface area contributed by atoms with E-state index in [-0.39, 0.29) is 5.92 Å². The van der Waals surface area contributed by atoms with Crippen molar-refractivity contribution in [2.75, 3.05) is 20.1 Å². The third kappa shape index (κ3) is 13.1. The van der Waals surface area contributed by atoms with E-state index in [4.69, 9.17) is 10.2 Å². The molecule has 0 bridgehead atoms. The molecule has 0 aliphatic heterocycles. The van der Waals surface area contributed by atoms with Gasteiger partial charge in [-0.05, 0) is 105 Å². The molecule has 0 radical (unpaired) electrons. The Hall–Kier alpha value is -4.75. The van der Waals surface area contributed by atoms with Gasteiger partial charge in [0.1, 0.15) is 23.3 Å². The number of aldehydes is 1. The Morgan fingerprint density at radius 3 is 2.57 bits per heavy atom. The minimum atomic E-state index is -0.0759. The molecule has 4 N–H and O–H groups in total. The first kappa shape index (κ1) is 40.7. The van der Waals surface area contributed by atoms with Crippen molar-refractivity contribution >= 4 is 40.1 Å². The number of likely N-dealkylation sites (N-methyl/N-ethyl adjacent to an activating group) is 1. The van der Waals surface area contributed by atoms with Crippen LogP contribution < -0.4 is 16.4 Å². The first-order chi connectivity index (χ1) is 24.9. The summed E-state index contributed by atoms with van der Waals surface area (Å²) in [5, 5.41) is 8.51. The summed E-state index contributed by atoms with van der Waals surface area (Å²) < 4.78 is 5.73. The molecule has 272 valence electrons. The van der Waals surface area contributed by atoms with Crippen molar-refractivity contribution in [1.82, 2.24) is 15.6 Å². The Morgan fingerprint density at radius 1 is 1.06 bits per heavy atom. The van der Waals surface area contributed by atoms with Gasteiger partial charge in [0.15, 0.2) is 0 Å². The molecule has 4 aromatic rings. The van der Waals surface area contributed by atoms with Crippen LogP contribution in [-0.2, 0) is 4.79 Å². The Kier molecular flexibility index (Phi) is 18.2. The molecular weight excluding hydrogens is 631 g/mol. The van der Waals surface area contributed by atoms with Crippen LogP contribution in [0.3, 0.4) is 0 Å². The molecule has 0 spiro atoms. The number of rotatable bonds is 13. The molecule has 0 saturated heterocycles. The third-order valence-corrected chi connectivity index (χ3v) is 8.91. The first-order valence-corrected chi connectivity index (χ1v) is 18.5. The van der Waals surface area contributed by atoms with Crippen molar-refractivity contribution in [3.05, 3.63) is 119 Å². The zero-order valence-electron chi connectivity index (χ0n) is 31.6. The van der Waals surface area contributed by atoms with Gasteiger partial charge in [0, 0.05) is 48.0 Å². The fraction of sp³-hybridized carbons (Fsp3) is 0.386. The third-order valence-electron chi connectivity index (χ3n) is 8.91. The lowest BCUT2D eigenvalue weighted by atomic mass is 9.94. The molecule has 0 fully saturated rings. The lowest BCUT2D eigenvalue weighted by molar-refractivity contribution is -0.108. The van der Waals surface area contributed by atoms with Gasteiger partial charge in [0.2, 0.25) is 0 Å². The number of aromatic nitrogens is 1. The van der Waals surface area contributed by atoms with Gasteiger partial charge in [-0.15, -0.1) is 0 Å². The molecule has 1 aliphatic carbocycles. The summed E-state index contributed by atoms with van der Waals surface area (Å²) in [5.74, 6) is 1.49. The second-order valence-electron chi connectivity index (χ2n) is 13.0. The topological polar surface area (TPSA) is 106 Å². The quantitative estimate of drug-likeness (QED) is 0.0558. The highest BCUT2D eigenvalue weighted by Gasteiger charge is 2.11. The van der Waals surface area contributed by atoms with Gasteiger partial charge in [-0.25, -0.2) is 0 Å². The number of benzene rings is 2. The maximum Gasteiger partial charge on any atom is 0.135 e. The van der Waals surface area contributed by atoms with E-state index in [0.29, 0.717) is 5.92 Å². The van der Waals surface area contributed by atoms with Crippen molar-refractivity contribution in [2.45, 2.75) is 91.4 Å². The van der Waals surface area contributed by atoms with Crippen molar-refractivity contribution in [2.24, 2.45) is 10.7 Å². The van der Waals surface area contributed by atoms with Crippen molar-refractivity contribution < 1.29 is 9.21 Å². The average Bonchev–Trinajstić information content (AvgIpc) is 3.54. The van der Waals surface area contributed by atoms with E-state index in [0.717, 1.165) is 78.4 Å². The monoisotopic (exact) mass is 689 g/mol. The number of nitrogens with one attached hydrogen (secondary N) is 2. The van der Waals surface area contributed by atoms with Crippen LogP contribution in [0.15, 0.2) is 112 Å². The number of allylic oxidation sites excluding steroid dienone is 2. The zero-order valence-corrected chi connectivity index (χ0v) is 31.6. The smallest absolute Gasteiger partial charge is 0.135 e. The molecule has 0 amide bonds. The molecule has 5 rings (SSSR count). The van der Waals surface area contributed by atoms with Crippen LogP contribution in [0, 0.1) is 0 Å². The van der Waals surface area contributed by atoms with E-state index in [1.165, 1.54) is 47.7 Å². The minimum absolute atomic E-state index is 0.0759. The van der Waals surface area contributed by atoms with Gasteiger partial charge >= 0.3 is 0 Å². The van der Waals surface area contributed by atoms with Gasteiger partial charge < -0.3 is 25.6 Å². The van der Waals surface area contributed by atoms with Crippen LogP contribution in [-0.4, -0.2) is 37.2 Å². The van der Waals surface area contributed by atoms with Gasteiger partial charge in [-0.3, -0.25) is 9.98 Å². The molecular formula is C44H59N5O2. The fourth-order valence-electron chi connectivity index (χ4n) is 5.83. The highest BCUT2D eigenvalue weighted by Crippen LogP contribution is 2.30. The fourth-order valence-corrected chi connectivity index (χ4v) is 5.83. The molecule has 7 nitrogen and oxygen atoms in total. The molecule has 0 saturated carbocycles. The number of carbonyl (C=O) groups excluding carboxylic acids is 1. The summed E-state index contributed by atoms with van der Waals surface area (Å²) in [6.45, 7) is 12.4. The number of furan rings is 1. The van der Waals surface area contributed by atoms with Gasteiger partial charge in [0.05, 0.1) is 6.54 Å². The summed E-state index contributed by atoms with van der Waals surface area (Å²) in [4.78, 5) is 19.6. The highest BCUT2D eigenvalue weighted by molar-refractivity contribution is 6.05. The maximum atomic E-state index is 10.8. The molecule has 2 aromatic heterocycles. The molecule has 7 heteroatoms. The summed E-state index contributed by atoms with van der Waals surface area (Å²) in [7, 11) is 1.97. The van der Waals surface area contributed by atoms with Crippen LogP contribution >= 0.6 is 0 Å². The number of carbonyl (C=O) groups is 1. The number of fused-ring (bicyclic) bond motifs is 3. The second kappa shape index (κ2) is 22.9. The molecule has 2 aromatic carbocycles. The lowest BCUT2D eigenvalue weighted by Gasteiger charge is -2.14. The van der Waals surface area contributed by atoms with Gasteiger partial charge in [-0.2, -0.15) is 0 Å². The molecule has 1 unspecified atom stereocenters. The SMILES string of the molecule is CC(C=O)c1ccc2oc3ccccc3c2c1.CCC/C=C\CN=C(N/C=C/N)C1=CCCCC1.CC[C@@H](C)c1ccncc1/C=C(\C)CNC. The van der Waals surface area contributed by atoms with E-state index in [2.05, 4.69) is 78.7 Å². The largest absolute Gasteiger partial charge is 0.456 e. The van der Waals surface area contributed by atoms with E-state index in [1.807, 2.05) is 68.8 Å². The zero-order chi connectivity index (χ0) is 36.8. The Bertz CT molecular complexity index is 1800. The summed E-state index contributed by atoms with van der Waals surface area (Å²) in [6.07, 6.45) is 25.2. The number of hydrogen-bond donors (Lipinski definition) is 3. The molecule has 51 heavy (non-hydrogen) atoms. The Balaban J connectivity index is 0.000000207. The predicted molar refractivity (Wildman–Crippen MR) is 218 cm³/mol. The van der Waals surface area contributed by atoms with Gasteiger partial charge in [-0.1, -0.05) is 88.3 Å². The second-order valence-corrected chi connectivity index (χ2v) is 13.0. The number of para-hydroxylation sites is 1. The Morgan fingerprint density at radius 2 is 1.86 bits per heavy atom. The number of unbranched alkanes of at least 4 members (excludes halogenated alkanes) is 1. The number of nitrogens with zero attached hydrogens (tertiary/aromatic N) is 2. The number of pyridine rings is 1. The Labute approximate surface area is 305 Å². The summed E-state index contributed by atoms with van der Waals surface area (Å²) >= 11 is 0. The standard InChI is InChI=1S/C15H25N3.C15H12O2.C14H22N2/c1-2-3-4-8-12-17-15(18-13-11-16)14-9-6-5-7-10-14;1-10(9-16)11-6-7-15-13(8-11)12-4-2-3-5-14(12)17-15;1-5-12(3)14-6-7-16-10-13(14)8-11(2)9-15-4/h4,8-9,11,13H,2-3,5-7,10,12,16H2,1H3,(H,17,18);2-10H,1H3;6-8,10,12,15H,5,9H2,1-4H3/b8-4-,13-11+;;11-8+/t;;12-/m..1/s1. The first-order valence-electron chi connectivity index (χ1n) is 18.5. The number of nitrogens with two attached hydrogens (primary N) is 1. The van der Waals surface area contributed by atoms with Crippen molar-refractivity contribution in [1.29, 1.82) is 0 Å². The molecule has 2 heterocycles. The normalized spacial score (nSPS) is 14.8. The number of aliphatic imine (C=N–C) groups is 1. The van der Waals surface area contributed by atoms with Crippen LogP contribution in [0.2, 0.25) is 0 Å². The van der Waals surface area contributed by atoms with E-state index in [1.54, 1.807) is 6.20 Å². The van der Waals surface area contributed by atoms with Crippen molar-refractivity contribution in [3.63, 3.8) is 0 Å². The minimum Gasteiger partial charge on any atom is -0.456 e. The summed E-state index contributed by atoms with van der Waals surface area (Å²) in [5.41, 5.74) is 13.5. The van der Waals surface area contributed by atoms with E-state index >= 15 is 0 Å². The maximum absolute atomic E-state index is 10.8. The van der Waals surface area contributed by atoms with Crippen LogP contribution in [0.25, 0.3) is 28.0 Å². The van der Waals surface area contributed by atoms with Crippen molar-refractivity contribution in [3.8, 4) is 0 Å². The van der Waals surface area contributed by atoms with Crippen LogP contribution in [0.5, 0.6) is 0 Å².